The van der Waals surface area contributed by atoms with Crippen LogP contribution in [0.1, 0.15) is 44.2 Å². The molecule has 2 rings (SSSR count). The highest BCUT2D eigenvalue weighted by Gasteiger charge is 2.22. The van der Waals surface area contributed by atoms with Gasteiger partial charge in [-0.1, -0.05) is 32.1 Å². The molecule has 0 amide bonds. The molecule has 0 unspecified atom stereocenters. The number of aryl methyl sites for hydroxylation is 1. The second-order valence-corrected chi connectivity index (χ2v) is 6.70. The molecule has 1 aliphatic carbocycles. The number of carboxylic acids is 1. The number of hydrogen-bond acceptors (Lipinski definition) is 3. The van der Waals surface area contributed by atoms with Crippen molar-refractivity contribution in [3.05, 3.63) is 47.4 Å². The highest BCUT2D eigenvalue weighted by Crippen LogP contribution is 2.39. The second kappa shape index (κ2) is 6.90. The van der Waals surface area contributed by atoms with Crippen LogP contribution in [0.4, 0.5) is 0 Å². The van der Waals surface area contributed by atoms with E-state index in [1.807, 2.05) is 19.1 Å². The minimum atomic E-state index is -1.16. The zero-order chi connectivity index (χ0) is 17.0. The van der Waals surface area contributed by atoms with Crippen LogP contribution < -0.4 is 4.74 Å². The van der Waals surface area contributed by atoms with Crippen molar-refractivity contribution in [2.75, 3.05) is 7.11 Å². The zero-order valence-electron chi connectivity index (χ0n) is 14.2. The van der Waals surface area contributed by atoms with Gasteiger partial charge in [-0.05, 0) is 54.4 Å². The summed E-state index contributed by atoms with van der Waals surface area (Å²) in [6.45, 7) is 6.45. The van der Waals surface area contributed by atoms with E-state index in [1.165, 1.54) is 12.7 Å². The van der Waals surface area contributed by atoms with Gasteiger partial charge in [-0.3, -0.25) is 0 Å². The zero-order valence-corrected chi connectivity index (χ0v) is 14.2. The lowest BCUT2D eigenvalue weighted by Gasteiger charge is -2.29. The maximum Gasteiger partial charge on any atom is 0.375 e. The lowest BCUT2D eigenvalue weighted by Crippen LogP contribution is -2.14. The van der Waals surface area contributed by atoms with Crippen molar-refractivity contribution in [2.45, 2.75) is 40.0 Å². The lowest BCUT2D eigenvalue weighted by atomic mass is 9.77. The quantitative estimate of drug-likeness (QED) is 0.640. The maximum absolute atomic E-state index is 11.2. The molecule has 1 aromatic carbocycles. The number of benzene rings is 1. The predicted molar refractivity (Wildman–Crippen MR) is 90.1 cm³/mol. The van der Waals surface area contributed by atoms with Crippen molar-refractivity contribution in [2.24, 2.45) is 5.41 Å². The van der Waals surface area contributed by atoms with E-state index in [2.05, 4.69) is 26.0 Å². The molecule has 0 heterocycles. The van der Waals surface area contributed by atoms with Crippen LogP contribution in [0, 0.1) is 12.3 Å². The average Bonchev–Trinajstić information content (AvgIpc) is 2.49. The number of methoxy groups -OCH3 is 1. The molecule has 124 valence electrons. The van der Waals surface area contributed by atoms with E-state index in [9.17, 15) is 4.79 Å². The summed E-state index contributed by atoms with van der Waals surface area (Å²) in [7, 11) is 1.39. The van der Waals surface area contributed by atoms with E-state index in [-0.39, 0.29) is 5.76 Å². The van der Waals surface area contributed by atoms with E-state index < -0.39 is 5.97 Å². The third-order valence-corrected chi connectivity index (χ3v) is 4.19. The number of ether oxygens (including phenoxy) is 2. The molecule has 1 aromatic rings. The third-order valence-electron chi connectivity index (χ3n) is 4.19. The van der Waals surface area contributed by atoms with Gasteiger partial charge in [0.15, 0.2) is 0 Å². The molecule has 0 radical (unpaired) electrons. The predicted octanol–water partition coefficient (Wildman–Crippen LogP) is 4.54. The van der Waals surface area contributed by atoms with E-state index >= 15 is 0 Å². The smallest absolute Gasteiger partial charge is 0.375 e. The van der Waals surface area contributed by atoms with Gasteiger partial charge >= 0.3 is 5.97 Å². The fourth-order valence-electron chi connectivity index (χ4n) is 2.59. The Morgan fingerprint density at radius 2 is 2.09 bits per heavy atom. The normalized spacial score (nSPS) is 17.4. The van der Waals surface area contributed by atoms with Crippen molar-refractivity contribution < 1.29 is 19.4 Å². The fourth-order valence-corrected chi connectivity index (χ4v) is 2.59. The van der Waals surface area contributed by atoms with Crippen LogP contribution in [-0.4, -0.2) is 18.2 Å². The summed E-state index contributed by atoms with van der Waals surface area (Å²) in [5.74, 6) is -0.847. The Bertz CT molecular complexity index is 653. The summed E-state index contributed by atoms with van der Waals surface area (Å²) < 4.78 is 10.3. The average molecular weight is 316 g/mol. The van der Waals surface area contributed by atoms with Gasteiger partial charge in [0.25, 0.3) is 0 Å². The van der Waals surface area contributed by atoms with Crippen LogP contribution in [0.5, 0.6) is 5.75 Å². The van der Waals surface area contributed by atoms with Gasteiger partial charge in [0.2, 0.25) is 5.76 Å². The Labute approximate surface area is 137 Å². The van der Waals surface area contributed by atoms with Crippen LogP contribution >= 0.6 is 0 Å². The molecule has 23 heavy (non-hydrogen) atoms. The highest BCUT2D eigenvalue weighted by molar-refractivity contribution is 5.84. The third kappa shape index (κ3) is 4.38. The molecule has 0 bridgehead atoms. The van der Waals surface area contributed by atoms with Gasteiger partial charge in [0, 0.05) is 0 Å². The molecule has 1 N–H and O–H groups in total. The minimum absolute atomic E-state index is 0.230. The van der Waals surface area contributed by atoms with Crippen molar-refractivity contribution in [1.82, 2.24) is 0 Å². The van der Waals surface area contributed by atoms with Gasteiger partial charge in [-0.2, -0.15) is 0 Å². The number of rotatable bonds is 5. The second-order valence-electron chi connectivity index (χ2n) is 6.70. The monoisotopic (exact) mass is 316 g/mol. The first-order chi connectivity index (χ1) is 10.8. The van der Waals surface area contributed by atoms with Crippen LogP contribution in [0.15, 0.2) is 36.3 Å². The fraction of sp³-hybridized carbons (Fsp3) is 0.421. The number of aliphatic carboxylic acids is 1. The first-order valence-corrected chi connectivity index (χ1v) is 7.76. The number of hydrogen-bond donors (Lipinski definition) is 1. The summed E-state index contributed by atoms with van der Waals surface area (Å²) in [4.78, 5) is 11.2. The SMILES string of the molecule is CO/C=C(\Oc1cc(C2=CCC(C)(C)CC2)ccc1C)C(=O)O. The molecular formula is C19H24O4. The Morgan fingerprint density at radius 1 is 1.35 bits per heavy atom. The molecule has 0 aromatic heterocycles. The summed E-state index contributed by atoms with van der Waals surface area (Å²) in [6, 6.07) is 5.93. The standard InChI is InChI=1S/C19H24O4/c1-13-5-6-15(14-7-9-19(2,3)10-8-14)11-16(13)23-17(12-22-4)18(20)21/h5-7,11-12H,8-10H2,1-4H3,(H,20,21)/b17-12-. The molecule has 4 nitrogen and oxygen atoms in total. The molecule has 0 aliphatic heterocycles. The van der Waals surface area contributed by atoms with E-state index in [0.29, 0.717) is 11.2 Å². The molecule has 0 fully saturated rings. The highest BCUT2D eigenvalue weighted by atomic mass is 16.5. The van der Waals surface area contributed by atoms with Crippen molar-refractivity contribution in [3.63, 3.8) is 0 Å². The maximum atomic E-state index is 11.2. The van der Waals surface area contributed by atoms with Crippen molar-refractivity contribution in [3.8, 4) is 5.75 Å². The Morgan fingerprint density at radius 3 is 2.65 bits per heavy atom. The summed E-state index contributed by atoms with van der Waals surface area (Å²) in [6.07, 6.45) is 6.59. The Hall–Kier alpha value is -2.23. The molecule has 0 spiro atoms. The van der Waals surface area contributed by atoms with Crippen LogP contribution in [0.3, 0.4) is 0 Å². The molecular weight excluding hydrogens is 292 g/mol. The van der Waals surface area contributed by atoms with Crippen molar-refractivity contribution in [1.29, 1.82) is 0 Å². The lowest BCUT2D eigenvalue weighted by molar-refractivity contribution is -0.135. The molecule has 0 atom stereocenters. The van der Waals surface area contributed by atoms with Crippen molar-refractivity contribution >= 4 is 11.5 Å². The van der Waals surface area contributed by atoms with Gasteiger partial charge in [-0.25, -0.2) is 4.79 Å². The van der Waals surface area contributed by atoms with Crippen LogP contribution in [0.25, 0.3) is 5.57 Å². The van der Waals surface area contributed by atoms with Crippen LogP contribution in [-0.2, 0) is 9.53 Å². The number of carbonyl (C=O) groups is 1. The number of allylic oxidation sites excluding steroid dienone is 2. The van der Waals surface area contributed by atoms with E-state index in [1.54, 1.807) is 0 Å². The summed E-state index contributed by atoms with van der Waals surface area (Å²) in [5, 5.41) is 9.15. The summed E-state index contributed by atoms with van der Waals surface area (Å²) in [5.41, 5.74) is 3.62. The van der Waals surface area contributed by atoms with Gasteiger partial charge in [0.1, 0.15) is 12.0 Å². The molecule has 0 saturated heterocycles. The van der Waals surface area contributed by atoms with Gasteiger partial charge in [0.05, 0.1) is 7.11 Å². The van der Waals surface area contributed by atoms with Crippen LogP contribution in [0.2, 0.25) is 0 Å². The summed E-state index contributed by atoms with van der Waals surface area (Å²) >= 11 is 0. The first-order valence-electron chi connectivity index (χ1n) is 7.76. The van der Waals surface area contributed by atoms with E-state index in [4.69, 9.17) is 14.6 Å². The largest absolute Gasteiger partial charge is 0.500 e. The van der Waals surface area contributed by atoms with Gasteiger partial charge < -0.3 is 14.6 Å². The van der Waals surface area contributed by atoms with E-state index in [0.717, 1.165) is 36.7 Å². The number of carboxylic acid groups (broad SMARTS) is 1. The van der Waals surface area contributed by atoms with Gasteiger partial charge in [-0.15, -0.1) is 0 Å². The Kier molecular flexibility index (Phi) is 5.14. The molecule has 0 saturated carbocycles. The Balaban J connectivity index is 2.28. The minimum Gasteiger partial charge on any atom is -0.500 e. The molecule has 1 aliphatic rings. The first kappa shape index (κ1) is 17.1. The topological polar surface area (TPSA) is 55.8 Å². The molecule has 4 heteroatoms.